The van der Waals surface area contributed by atoms with Gasteiger partial charge in [0.1, 0.15) is 5.54 Å². The number of ether oxygens (including phenoxy) is 1. The average molecular weight is 284 g/mol. The van der Waals surface area contributed by atoms with Crippen molar-refractivity contribution in [3.05, 3.63) is 34.3 Å². The minimum absolute atomic E-state index is 0.305. The summed E-state index contributed by atoms with van der Waals surface area (Å²) in [5.41, 5.74) is 5.97. The molecular formula is C12H14BrNO2. The van der Waals surface area contributed by atoms with Gasteiger partial charge in [0, 0.05) is 9.89 Å². The fraction of sp³-hybridized carbons (Fsp3) is 0.417. The van der Waals surface area contributed by atoms with Crippen LogP contribution in [0.15, 0.2) is 28.7 Å². The highest BCUT2D eigenvalue weighted by Crippen LogP contribution is 2.56. The predicted octanol–water partition coefficient (Wildman–Crippen LogP) is 1.98. The van der Waals surface area contributed by atoms with Crippen molar-refractivity contribution in [2.75, 3.05) is 7.11 Å². The van der Waals surface area contributed by atoms with Gasteiger partial charge in [0.05, 0.1) is 7.11 Å². The van der Waals surface area contributed by atoms with Crippen LogP contribution in [-0.4, -0.2) is 18.6 Å². The van der Waals surface area contributed by atoms with Crippen LogP contribution < -0.4 is 5.73 Å². The van der Waals surface area contributed by atoms with Gasteiger partial charge in [-0.25, -0.2) is 0 Å². The van der Waals surface area contributed by atoms with Crippen LogP contribution in [0.1, 0.15) is 18.9 Å². The van der Waals surface area contributed by atoms with E-state index in [-0.39, 0.29) is 11.4 Å². The molecule has 0 heterocycles. The summed E-state index contributed by atoms with van der Waals surface area (Å²) in [4.78, 5) is 11.6. The van der Waals surface area contributed by atoms with Crippen LogP contribution in [-0.2, 0) is 14.9 Å². The largest absolute Gasteiger partial charge is 0.468 e. The number of halogens is 1. The lowest BCUT2D eigenvalue weighted by Gasteiger charge is -2.17. The van der Waals surface area contributed by atoms with Crippen molar-refractivity contribution < 1.29 is 9.53 Å². The van der Waals surface area contributed by atoms with Gasteiger partial charge in [-0.15, -0.1) is 0 Å². The zero-order valence-electron chi connectivity index (χ0n) is 9.29. The second-order valence-corrected chi connectivity index (χ2v) is 5.39. The average Bonchev–Trinajstić information content (AvgIpc) is 2.84. The Morgan fingerprint density at radius 2 is 2.00 bits per heavy atom. The Balaban J connectivity index is 2.30. The van der Waals surface area contributed by atoms with Crippen LogP contribution in [0.5, 0.6) is 0 Å². The molecule has 1 aromatic rings. The van der Waals surface area contributed by atoms with Gasteiger partial charge >= 0.3 is 5.97 Å². The Hall–Kier alpha value is -0.870. The van der Waals surface area contributed by atoms with Crippen molar-refractivity contribution in [2.45, 2.75) is 24.3 Å². The van der Waals surface area contributed by atoms with Gasteiger partial charge in [-0.1, -0.05) is 35.0 Å². The zero-order valence-corrected chi connectivity index (χ0v) is 10.9. The first kappa shape index (κ1) is 11.6. The van der Waals surface area contributed by atoms with E-state index in [2.05, 4.69) is 15.9 Å². The van der Waals surface area contributed by atoms with E-state index in [0.29, 0.717) is 6.42 Å². The molecule has 2 atom stereocenters. The molecule has 2 N–H and O–H groups in total. The molecule has 4 heteroatoms. The molecular weight excluding hydrogens is 270 g/mol. The smallest absolute Gasteiger partial charge is 0.326 e. The molecule has 1 aromatic carbocycles. The van der Waals surface area contributed by atoms with E-state index in [4.69, 9.17) is 10.5 Å². The van der Waals surface area contributed by atoms with E-state index in [1.54, 1.807) is 0 Å². The first-order valence-electron chi connectivity index (χ1n) is 5.07. The van der Waals surface area contributed by atoms with Crippen molar-refractivity contribution in [1.82, 2.24) is 0 Å². The summed E-state index contributed by atoms with van der Waals surface area (Å²) < 4.78 is 5.76. The maximum absolute atomic E-state index is 11.6. The maximum atomic E-state index is 11.6. The molecule has 0 spiro atoms. The van der Waals surface area contributed by atoms with E-state index in [0.717, 1.165) is 10.0 Å². The summed E-state index contributed by atoms with van der Waals surface area (Å²) in [5, 5.41) is 0. The van der Waals surface area contributed by atoms with Crippen LogP contribution in [0.4, 0.5) is 0 Å². The number of carbonyl (C=O) groups excluding carboxylic acids is 1. The van der Waals surface area contributed by atoms with Gasteiger partial charge < -0.3 is 10.5 Å². The van der Waals surface area contributed by atoms with E-state index >= 15 is 0 Å². The summed E-state index contributed by atoms with van der Waals surface area (Å²) in [6.07, 6.45) is 0.633. The normalized spacial score (nSPS) is 32.2. The number of rotatable bonds is 2. The molecule has 1 aliphatic rings. The Labute approximate surface area is 103 Å². The Kier molecular flexibility index (Phi) is 2.59. The number of benzene rings is 1. The fourth-order valence-electron chi connectivity index (χ4n) is 2.17. The number of nitrogens with two attached hydrogens (primary N) is 1. The predicted molar refractivity (Wildman–Crippen MR) is 65.0 cm³/mol. The third-order valence-electron chi connectivity index (χ3n) is 3.52. The van der Waals surface area contributed by atoms with Crippen LogP contribution >= 0.6 is 15.9 Å². The molecule has 3 nitrogen and oxygen atoms in total. The van der Waals surface area contributed by atoms with Gasteiger partial charge in [-0.05, 0) is 24.1 Å². The topological polar surface area (TPSA) is 52.3 Å². The van der Waals surface area contributed by atoms with E-state index < -0.39 is 5.54 Å². The summed E-state index contributed by atoms with van der Waals surface area (Å²) >= 11 is 3.38. The molecule has 2 rings (SSSR count). The van der Waals surface area contributed by atoms with E-state index in [1.165, 1.54) is 7.11 Å². The molecule has 0 saturated heterocycles. The lowest BCUT2D eigenvalue weighted by Crippen LogP contribution is -2.41. The number of hydrogen-bond acceptors (Lipinski definition) is 3. The molecule has 1 saturated carbocycles. The molecule has 0 bridgehead atoms. The Morgan fingerprint density at radius 1 is 1.44 bits per heavy atom. The van der Waals surface area contributed by atoms with Gasteiger partial charge in [-0.2, -0.15) is 0 Å². The molecule has 0 aliphatic heterocycles. The summed E-state index contributed by atoms with van der Waals surface area (Å²) in [7, 11) is 1.37. The van der Waals surface area contributed by atoms with Crippen molar-refractivity contribution >= 4 is 21.9 Å². The first-order valence-corrected chi connectivity index (χ1v) is 5.87. The van der Waals surface area contributed by atoms with Gasteiger partial charge in [-0.3, -0.25) is 4.79 Å². The maximum Gasteiger partial charge on any atom is 0.326 e. The van der Waals surface area contributed by atoms with Crippen molar-refractivity contribution in [2.24, 2.45) is 5.73 Å². The molecule has 0 unspecified atom stereocenters. The monoisotopic (exact) mass is 283 g/mol. The first-order chi connectivity index (χ1) is 7.44. The van der Waals surface area contributed by atoms with Crippen molar-refractivity contribution in [3.63, 3.8) is 0 Å². The van der Waals surface area contributed by atoms with E-state index in [9.17, 15) is 4.79 Å². The van der Waals surface area contributed by atoms with Crippen molar-refractivity contribution in [1.29, 1.82) is 0 Å². The Morgan fingerprint density at radius 3 is 2.50 bits per heavy atom. The van der Waals surface area contributed by atoms with Gasteiger partial charge in [0.25, 0.3) is 0 Å². The third-order valence-corrected chi connectivity index (χ3v) is 4.05. The third kappa shape index (κ3) is 1.48. The number of carbonyl (C=O) groups is 1. The summed E-state index contributed by atoms with van der Waals surface area (Å²) in [5.74, 6) is -0.335. The molecule has 1 aliphatic carbocycles. The van der Waals surface area contributed by atoms with E-state index in [1.807, 2.05) is 31.2 Å². The molecule has 0 radical (unpaired) electrons. The quantitative estimate of drug-likeness (QED) is 0.845. The highest BCUT2D eigenvalue weighted by atomic mass is 79.9. The lowest BCUT2D eigenvalue weighted by molar-refractivity contribution is -0.143. The minimum Gasteiger partial charge on any atom is -0.468 e. The molecule has 0 aromatic heterocycles. The highest BCUT2D eigenvalue weighted by molar-refractivity contribution is 9.10. The van der Waals surface area contributed by atoms with Crippen LogP contribution in [0.25, 0.3) is 0 Å². The van der Waals surface area contributed by atoms with Crippen LogP contribution in [0, 0.1) is 0 Å². The van der Waals surface area contributed by atoms with Crippen LogP contribution in [0.2, 0.25) is 0 Å². The highest BCUT2D eigenvalue weighted by Gasteiger charge is 2.68. The summed E-state index contributed by atoms with van der Waals surface area (Å²) in [6.45, 7) is 1.99. The number of hydrogen-bond donors (Lipinski definition) is 1. The van der Waals surface area contributed by atoms with Crippen LogP contribution in [0.3, 0.4) is 0 Å². The van der Waals surface area contributed by atoms with Gasteiger partial charge in [0.15, 0.2) is 0 Å². The second kappa shape index (κ2) is 3.57. The van der Waals surface area contributed by atoms with Crippen molar-refractivity contribution in [3.8, 4) is 0 Å². The molecule has 86 valence electrons. The Bertz CT molecular complexity index is 431. The second-order valence-electron chi connectivity index (χ2n) is 4.48. The van der Waals surface area contributed by atoms with Gasteiger partial charge in [0.2, 0.25) is 0 Å². The minimum atomic E-state index is -0.865. The fourth-order valence-corrected chi connectivity index (χ4v) is 2.43. The molecule has 1 fully saturated rings. The SMILES string of the molecule is COC(=O)[C@]1(N)C[C@]1(C)c1ccc(Br)cc1. The molecule has 0 amide bonds. The summed E-state index contributed by atoms with van der Waals surface area (Å²) in [6, 6.07) is 7.89. The zero-order chi connectivity index (χ0) is 12.0. The lowest BCUT2D eigenvalue weighted by atomic mass is 9.93. The molecule has 16 heavy (non-hydrogen) atoms. The standard InChI is InChI=1S/C12H14BrNO2/c1-11(7-12(11,14)10(15)16-2)8-3-5-9(13)6-4-8/h3-6H,7,14H2,1-2H3/t11-,12-/m1/s1. The number of esters is 1. The number of methoxy groups -OCH3 is 1.